The van der Waals surface area contributed by atoms with Crippen molar-refractivity contribution in [2.45, 2.75) is 6.42 Å². The second-order valence-electron chi connectivity index (χ2n) is 4.64. The van der Waals surface area contributed by atoms with E-state index < -0.39 is 29.0 Å². The minimum atomic E-state index is -1.65. The first-order valence-electron chi connectivity index (χ1n) is 6.75. The summed E-state index contributed by atoms with van der Waals surface area (Å²) < 4.78 is 39.2. The van der Waals surface area contributed by atoms with E-state index in [1.54, 1.807) is 30.3 Å². The Morgan fingerprint density at radius 3 is 2.30 bits per heavy atom. The highest BCUT2D eigenvalue weighted by Gasteiger charge is 2.15. The minimum Gasteiger partial charge on any atom is -0.352 e. The van der Waals surface area contributed by atoms with Crippen LogP contribution in [0.1, 0.15) is 16.8 Å². The highest BCUT2D eigenvalue weighted by atomic mass is 19.2. The number of carbonyl (C=O) groups is 2. The molecule has 2 rings (SSSR count). The molecule has 23 heavy (non-hydrogen) atoms. The standard InChI is InChI=1S/C16H13F3N2O2/c17-11-6-7-12(15(19)14(11)18)21-13(22)8-9-20-16(23)10-4-2-1-3-5-10/h1-7H,8-9H2,(H,20,23)(H,21,22). The summed E-state index contributed by atoms with van der Waals surface area (Å²) in [6.45, 7) is 0.0187. The molecule has 0 aliphatic rings. The normalized spacial score (nSPS) is 10.2. The van der Waals surface area contributed by atoms with Crippen LogP contribution in [0.5, 0.6) is 0 Å². The van der Waals surface area contributed by atoms with E-state index in [2.05, 4.69) is 10.6 Å². The summed E-state index contributed by atoms with van der Waals surface area (Å²) in [5, 5.41) is 4.64. The van der Waals surface area contributed by atoms with Gasteiger partial charge in [-0.3, -0.25) is 9.59 Å². The van der Waals surface area contributed by atoms with Crippen molar-refractivity contribution in [3.63, 3.8) is 0 Å². The molecule has 0 aliphatic heterocycles. The number of benzene rings is 2. The highest BCUT2D eigenvalue weighted by Crippen LogP contribution is 2.19. The van der Waals surface area contributed by atoms with Crippen LogP contribution >= 0.6 is 0 Å². The van der Waals surface area contributed by atoms with E-state index >= 15 is 0 Å². The quantitative estimate of drug-likeness (QED) is 0.832. The Kier molecular flexibility index (Phi) is 5.35. The Morgan fingerprint density at radius 1 is 0.913 bits per heavy atom. The lowest BCUT2D eigenvalue weighted by atomic mass is 10.2. The van der Waals surface area contributed by atoms with Crippen molar-refractivity contribution in [2.24, 2.45) is 0 Å². The van der Waals surface area contributed by atoms with Crippen molar-refractivity contribution >= 4 is 17.5 Å². The van der Waals surface area contributed by atoms with Crippen LogP contribution in [0.3, 0.4) is 0 Å². The van der Waals surface area contributed by atoms with E-state index in [1.807, 2.05) is 0 Å². The van der Waals surface area contributed by atoms with Gasteiger partial charge in [0.05, 0.1) is 5.69 Å². The van der Waals surface area contributed by atoms with Crippen molar-refractivity contribution < 1.29 is 22.8 Å². The van der Waals surface area contributed by atoms with E-state index in [9.17, 15) is 22.8 Å². The fraction of sp³-hybridized carbons (Fsp3) is 0.125. The van der Waals surface area contributed by atoms with Crippen molar-refractivity contribution in [3.8, 4) is 0 Å². The topological polar surface area (TPSA) is 58.2 Å². The molecule has 0 aliphatic carbocycles. The minimum absolute atomic E-state index is 0.0187. The van der Waals surface area contributed by atoms with E-state index in [0.29, 0.717) is 11.6 Å². The summed E-state index contributed by atoms with van der Waals surface area (Å²) in [6, 6.07) is 10.0. The van der Waals surface area contributed by atoms with E-state index in [0.717, 1.165) is 6.07 Å². The van der Waals surface area contributed by atoms with Gasteiger partial charge in [-0.15, -0.1) is 0 Å². The molecule has 0 unspecified atom stereocenters. The van der Waals surface area contributed by atoms with Crippen LogP contribution < -0.4 is 10.6 Å². The van der Waals surface area contributed by atoms with Crippen LogP contribution in [0.15, 0.2) is 42.5 Å². The number of carbonyl (C=O) groups excluding carboxylic acids is 2. The van der Waals surface area contributed by atoms with Crippen LogP contribution in [0.2, 0.25) is 0 Å². The number of halogens is 3. The lowest BCUT2D eigenvalue weighted by Gasteiger charge is -2.08. The maximum atomic E-state index is 13.4. The first kappa shape index (κ1) is 16.5. The number of hydrogen-bond donors (Lipinski definition) is 2. The van der Waals surface area contributed by atoms with E-state index in [1.165, 1.54) is 0 Å². The largest absolute Gasteiger partial charge is 0.352 e. The Balaban J connectivity index is 1.84. The molecule has 0 bridgehead atoms. The Bertz CT molecular complexity index is 721. The van der Waals surface area contributed by atoms with Gasteiger partial charge >= 0.3 is 0 Å². The molecule has 0 atom stereocenters. The predicted molar refractivity (Wildman–Crippen MR) is 78.3 cm³/mol. The van der Waals surface area contributed by atoms with Crippen LogP contribution in [0.25, 0.3) is 0 Å². The van der Waals surface area contributed by atoms with E-state index in [-0.39, 0.29) is 18.9 Å². The monoisotopic (exact) mass is 322 g/mol. The summed E-state index contributed by atoms with van der Waals surface area (Å²) in [7, 11) is 0. The van der Waals surface area contributed by atoms with Gasteiger partial charge in [0.1, 0.15) is 0 Å². The van der Waals surface area contributed by atoms with Gasteiger partial charge in [-0.25, -0.2) is 13.2 Å². The van der Waals surface area contributed by atoms with Gasteiger partial charge in [0, 0.05) is 18.5 Å². The zero-order valence-corrected chi connectivity index (χ0v) is 11.9. The summed E-state index contributed by atoms with van der Waals surface area (Å²) in [4.78, 5) is 23.4. The number of rotatable bonds is 5. The molecule has 0 spiro atoms. The molecule has 7 heteroatoms. The molecule has 4 nitrogen and oxygen atoms in total. The molecule has 0 aromatic heterocycles. The molecule has 2 aromatic carbocycles. The molecule has 2 amide bonds. The zero-order valence-electron chi connectivity index (χ0n) is 11.9. The van der Waals surface area contributed by atoms with Crippen LogP contribution in [-0.4, -0.2) is 18.4 Å². The Hall–Kier alpha value is -2.83. The fourth-order valence-corrected chi connectivity index (χ4v) is 1.82. The first-order valence-corrected chi connectivity index (χ1v) is 6.75. The fourth-order valence-electron chi connectivity index (χ4n) is 1.82. The highest BCUT2D eigenvalue weighted by molar-refractivity contribution is 5.95. The van der Waals surface area contributed by atoms with Crippen molar-refractivity contribution in [1.82, 2.24) is 5.32 Å². The van der Waals surface area contributed by atoms with Crippen LogP contribution in [0, 0.1) is 17.5 Å². The molecule has 0 saturated carbocycles. The third-order valence-electron chi connectivity index (χ3n) is 2.98. The molecular weight excluding hydrogens is 309 g/mol. The molecular formula is C16H13F3N2O2. The van der Waals surface area contributed by atoms with Crippen molar-refractivity contribution in [3.05, 3.63) is 65.5 Å². The predicted octanol–water partition coefficient (Wildman–Crippen LogP) is 2.86. The third kappa shape index (κ3) is 4.32. The lowest BCUT2D eigenvalue weighted by molar-refractivity contribution is -0.116. The maximum Gasteiger partial charge on any atom is 0.251 e. The van der Waals surface area contributed by atoms with Crippen LogP contribution in [-0.2, 0) is 4.79 Å². The smallest absolute Gasteiger partial charge is 0.251 e. The summed E-state index contributed by atoms with van der Waals surface area (Å²) in [6.07, 6.45) is -0.142. The Morgan fingerprint density at radius 2 is 1.61 bits per heavy atom. The van der Waals surface area contributed by atoms with Gasteiger partial charge in [0.25, 0.3) is 5.91 Å². The molecule has 0 saturated heterocycles. The summed E-state index contributed by atoms with van der Waals surface area (Å²) >= 11 is 0. The second-order valence-corrected chi connectivity index (χ2v) is 4.64. The van der Waals surface area contributed by atoms with Gasteiger partial charge < -0.3 is 10.6 Å². The summed E-state index contributed by atoms with van der Waals surface area (Å²) in [5.41, 5.74) is -0.0113. The molecule has 0 fully saturated rings. The van der Waals surface area contributed by atoms with Gasteiger partial charge in [-0.05, 0) is 24.3 Å². The van der Waals surface area contributed by atoms with Gasteiger partial charge in [-0.1, -0.05) is 18.2 Å². The average molecular weight is 322 g/mol. The molecule has 0 heterocycles. The Labute approximate surface area is 130 Å². The number of anilines is 1. The van der Waals surface area contributed by atoms with Gasteiger partial charge in [-0.2, -0.15) is 0 Å². The SMILES string of the molecule is O=C(CCNC(=O)c1ccccc1)Nc1ccc(F)c(F)c1F. The molecule has 120 valence electrons. The van der Waals surface area contributed by atoms with Crippen molar-refractivity contribution in [1.29, 1.82) is 0 Å². The average Bonchev–Trinajstić information content (AvgIpc) is 2.56. The number of nitrogens with one attached hydrogen (secondary N) is 2. The van der Waals surface area contributed by atoms with Gasteiger partial charge in [0.15, 0.2) is 17.5 Å². The van der Waals surface area contributed by atoms with Crippen molar-refractivity contribution in [2.75, 3.05) is 11.9 Å². The van der Waals surface area contributed by atoms with Gasteiger partial charge in [0.2, 0.25) is 5.91 Å². The summed E-state index contributed by atoms with van der Waals surface area (Å²) in [5.74, 6) is -5.44. The lowest BCUT2D eigenvalue weighted by Crippen LogP contribution is -2.27. The molecule has 2 N–H and O–H groups in total. The van der Waals surface area contributed by atoms with E-state index in [4.69, 9.17) is 0 Å². The second kappa shape index (κ2) is 7.44. The molecule has 0 radical (unpaired) electrons. The molecule has 2 aromatic rings. The van der Waals surface area contributed by atoms with Crippen LogP contribution in [0.4, 0.5) is 18.9 Å². The first-order chi connectivity index (χ1) is 11.0. The number of hydrogen-bond acceptors (Lipinski definition) is 2. The zero-order chi connectivity index (χ0) is 16.8. The number of amides is 2. The third-order valence-corrected chi connectivity index (χ3v) is 2.98. The maximum absolute atomic E-state index is 13.4.